The molecule has 112 valence electrons. The zero-order chi connectivity index (χ0) is 14.6. The zero-order valence-electron chi connectivity index (χ0n) is 11.8. The number of sulfonamides is 1. The van der Waals surface area contributed by atoms with Crippen molar-refractivity contribution in [3.05, 3.63) is 29.8 Å². The van der Waals surface area contributed by atoms with Crippen molar-refractivity contribution in [3.63, 3.8) is 0 Å². The van der Waals surface area contributed by atoms with Gasteiger partial charge in [-0.1, -0.05) is 59.3 Å². The van der Waals surface area contributed by atoms with Crippen LogP contribution >= 0.6 is 15.9 Å². The number of alkyl halides is 1. The van der Waals surface area contributed by atoms with Crippen LogP contribution in [0.25, 0.3) is 0 Å². The van der Waals surface area contributed by atoms with Gasteiger partial charge in [-0.25, -0.2) is 13.1 Å². The van der Waals surface area contributed by atoms with E-state index in [1.165, 1.54) is 19.3 Å². The van der Waals surface area contributed by atoms with Crippen LogP contribution in [0.5, 0.6) is 0 Å². The van der Waals surface area contributed by atoms with E-state index in [0.29, 0.717) is 4.90 Å². The molecule has 1 aromatic carbocycles. The number of hydrogen-bond donors (Lipinski definition) is 1. The fourth-order valence-corrected chi connectivity index (χ4v) is 4.76. The summed E-state index contributed by atoms with van der Waals surface area (Å²) in [6.45, 7) is 1.95. The molecule has 1 aliphatic carbocycles. The van der Waals surface area contributed by atoms with Gasteiger partial charge in [0.25, 0.3) is 0 Å². The van der Waals surface area contributed by atoms with Gasteiger partial charge in [0.05, 0.1) is 4.90 Å². The third-order valence-electron chi connectivity index (χ3n) is 3.82. The zero-order valence-corrected chi connectivity index (χ0v) is 14.2. The van der Waals surface area contributed by atoms with Gasteiger partial charge < -0.3 is 0 Å². The lowest BCUT2D eigenvalue weighted by atomic mass is 9.97. The highest BCUT2D eigenvalue weighted by atomic mass is 79.9. The van der Waals surface area contributed by atoms with E-state index in [2.05, 4.69) is 20.7 Å². The van der Waals surface area contributed by atoms with Crippen LogP contribution in [0.3, 0.4) is 0 Å². The first-order chi connectivity index (χ1) is 9.49. The normalized spacial score (nSPS) is 24.9. The Hall–Kier alpha value is -0.390. The fraction of sp³-hybridized carbons (Fsp3) is 0.600. The second-order valence-corrected chi connectivity index (χ2v) is 8.44. The molecule has 0 heterocycles. The topological polar surface area (TPSA) is 46.2 Å². The molecule has 0 aromatic heterocycles. The molecule has 1 fully saturated rings. The van der Waals surface area contributed by atoms with Gasteiger partial charge in [-0.3, -0.25) is 0 Å². The molecular formula is C15H22BrNO2S. The van der Waals surface area contributed by atoms with Crippen LogP contribution in [-0.2, 0) is 10.0 Å². The van der Waals surface area contributed by atoms with Crippen LogP contribution in [0.4, 0.5) is 0 Å². The van der Waals surface area contributed by atoms with Crippen molar-refractivity contribution >= 4 is 26.0 Å². The molecule has 0 radical (unpaired) electrons. The summed E-state index contributed by atoms with van der Waals surface area (Å²) in [5, 5.41) is 0. The highest BCUT2D eigenvalue weighted by molar-refractivity contribution is 9.09. The number of rotatable bonds is 3. The lowest BCUT2D eigenvalue weighted by Gasteiger charge is -2.26. The molecule has 2 rings (SSSR count). The van der Waals surface area contributed by atoms with Crippen molar-refractivity contribution in [2.75, 3.05) is 0 Å². The first-order valence-corrected chi connectivity index (χ1v) is 9.62. The highest BCUT2D eigenvalue weighted by Crippen LogP contribution is 2.24. The summed E-state index contributed by atoms with van der Waals surface area (Å²) < 4.78 is 27.7. The van der Waals surface area contributed by atoms with Crippen molar-refractivity contribution in [3.8, 4) is 0 Å². The van der Waals surface area contributed by atoms with Crippen LogP contribution in [-0.4, -0.2) is 19.3 Å². The molecule has 2 atom stereocenters. The van der Waals surface area contributed by atoms with Crippen LogP contribution in [0.1, 0.15) is 44.1 Å². The van der Waals surface area contributed by atoms with Crippen molar-refractivity contribution in [1.29, 1.82) is 0 Å². The molecule has 1 saturated carbocycles. The highest BCUT2D eigenvalue weighted by Gasteiger charge is 2.26. The minimum Gasteiger partial charge on any atom is -0.207 e. The molecule has 1 aliphatic rings. The fourth-order valence-electron chi connectivity index (χ4n) is 2.56. The smallest absolute Gasteiger partial charge is 0.207 e. The van der Waals surface area contributed by atoms with E-state index in [0.717, 1.165) is 24.8 Å². The molecule has 0 amide bonds. The van der Waals surface area contributed by atoms with Crippen molar-refractivity contribution in [2.24, 2.45) is 0 Å². The summed E-state index contributed by atoms with van der Waals surface area (Å²) in [4.78, 5) is 0.577. The third kappa shape index (κ3) is 4.30. The van der Waals surface area contributed by atoms with Gasteiger partial charge in [0.1, 0.15) is 0 Å². The van der Waals surface area contributed by atoms with E-state index in [4.69, 9.17) is 0 Å². The van der Waals surface area contributed by atoms with E-state index in [9.17, 15) is 8.42 Å². The summed E-state index contributed by atoms with van der Waals surface area (Å²) >= 11 is 3.65. The van der Waals surface area contributed by atoms with E-state index in [-0.39, 0.29) is 10.9 Å². The Bertz CT molecular complexity index is 527. The van der Waals surface area contributed by atoms with Gasteiger partial charge >= 0.3 is 0 Å². The van der Waals surface area contributed by atoms with Crippen molar-refractivity contribution in [2.45, 2.75) is 61.2 Å². The first kappa shape index (κ1) is 16.0. The number of hydrogen-bond acceptors (Lipinski definition) is 2. The Balaban J connectivity index is 2.11. The van der Waals surface area contributed by atoms with Gasteiger partial charge in [-0.15, -0.1) is 0 Å². The van der Waals surface area contributed by atoms with E-state index >= 15 is 0 Å². The summed E-state index contributed by atoms with van der Waals surface area (Å²) in [6, 6.07) is 6.99. The number of aryl methyl sites for hydroxylation is 1. The van der Waals surface area contributed by atoms with Gasteiger partial charge in [0.15, 0.2) is 0 Å². The standard InChI is InChI=1S/C15H22BrNO2S/c1-12-8-10-13(11-9-12)20(18,19)17-15-7-5-3-2-4-6-14(15)16/h8-11,14-15,17H,2-7H2,1H3/t14-,15+/m0/s1. The monoisotopic (exact) mass is 359 g/mol. The minimum atomic E-state index is -3.42. The quantitative estimate of drug-likeness (QED) is 0.835. The predicted octanol–water partition coefficient (Wildman–Crippen LogP) is 3.76. The lowest BCUT2D eigenvalue weighted by molar-refractivity contribution is 0.439. The van der Waals surface area contributed by atoms with Gasteiger partial charge in [-0.05, 0) is 31.9 Å². The number of halogens is 1. The molecule has 1 N–H and O–H groups in total. The molecule has 0 saturated heterocycles. The maximum atomic E-state index is 12.4. The van der Waals surface area contributed by atoms with E-state index in [1.807, 2.05) is 19.1 Å². The Morgan fingerprint density at radius 1 is 1.05 bits per heavy atom. The van der Waals surface area contributed by atoms with Gasteiger partial charge in [0, 0.05) is 10.9 Å². The Kier molecular flexibility index (Phi) is 5.64. The van der Waals surface area contributed by atoms with Crippen LogP contribution in [0, 0.1) is 6.92 Å². The van der Waals surface area contributed by atoms with Crippen molar-refractivity contribution in [1.82, 2.24) is 4.72 Å². The van der Waals surface area contributed by atoms with Crippen LogP contribution in [0.15, 0.2) is 29.2 Å². The minimum absolute atomic E-state index is 0.0124. The predicted molar refractivity (Wildman–Crippen MR) is 85.7 cm³/mol. The van der Waals surface area contributed by atoms with Crippen LogP contribution in [0.2, 0.25) is 0 Å². The molecule has 3 nitrogen and oxygen atoms in total. The molecule has 0 bridgehead atoms. The van der Waals surface area contributed by atoms with Gasteiger partial charge in [0.2, 0.25) is 10.0 Å². The summed E-state index contributed by atoms with van der Waals surface area (Å²) in [5.74, 6) is 0. The van der Waals surface area contributed by atoms with Gasteiger partial charge in [-0.2, -0.15) is 0 Å². The number of benzene rings is 1. The molecular weight excluding hydrogens is 338 g/mol. The van der Waals surface area contributed by atoms with Crippen molar-refractivity contribution < 1.29 is 8.42 Å². The molecule has 20 heavy (non-hydrogen) atoms. The maximum absolute atomic E-state index is 12.4. The lowest BCUT2D eigenvalue weighted by Crippen LogP contribution is -2.41. The maximum Gasteiger partial charge on any atom is 0.240 e. The Morgan fingerprint density at radius 3 is 2.30 bits per heavy atom. The van der Waals surface area contributed by atoms with E-state index < -0.39 is 10.0 Å². The summed E-state index contributed by atoms with van der Waals surface area (Å²) in [6.07, 6.45) is 6.63. The Labute approximate surface area is 130 Å². The summed E-state index contributed by atoms with van der Waals surface area (Å²) in [7, 11) is -3.42. The molecule has 0 spiro atoms. The number of nitrogens with one attached hydrogen (secondary N) is 1. The second-order valence-electron chi connectivity index (χ2n) is 5.55. The average Bonchev–Trinajstić information content (AvgIpc) is 2.39. The molecule has 0 unspecified atom stereocenters. The Morgan fingerprint density at radius 2 is 1.65 bits per heavy atom. The van der Waals surface area contributed by atoms with E-state index in [1.54, 1.807) is 12.1 Å². The average molecular weight is 360 g/mol. The molecule has 1 aromatic rings. The second kappa shape index (κ2) is 7.05. The SMILES string of the molecule is Cc1ccc(S(=O)(=O)N[C@@H]2CCCCCC[C@@H]2Br)cc1. The van der Waals surface area contributed by atoms with Crippen LogP contribution < -0.4 is 4.72 Å². The first-order valence-electron chi connectivity index (χ1n) is 7.22. The summed E-state index contributed by atoms with van der Waals surface area (Å²) in [5.41, 5.74) is 1.06. The molecule has 5 heteroatoms. The third-order valence-corrected chi connectivity index (χ3v) is 6.42. The largest absolute Gasteiger partial charge is 0.240 e. The molecule has 0 aliphatic heterocycles.